The molecular weight excluding hydrogens is 330 g/mol. The molecule has 0 bridgehead atoms. The third kappa shape index (κ3) is 3.92. The Kier molecular flexibility index (Phi) is 4.79. The summed E-state index contributed by atoms with van der Waals surface area (Å²) in [6.07, 6.45) is 0.946. The van der Waals surface area contributed by atoms with Gasteiger partial charge in [-0.15, -0.1) is 11.3 Å². The maximum absolute atomic E-state index is 10.8. The first-order valence-corrected chi connectivity index (χ1v) is 7.44. The van der Waals surface area contributed by atoms with E-state index in [1.807, 2.05) is 6.07 Å². The highest BCUT2D eigenvalue weighted by Gasteiger charge is 2.13. The Morgan fingerprint density at radius 1 is 1.53 bits per heavy atom. The predicted molar refractivity (Wildman–Crippen MR) is 77.8 cm³/mol. The van der Waals surface area contributed by atoms with Crippen molar-refractivity contribution in [1.29, 1.82) is 0 Å². The molecule has 19 heavy (non-hydrogen) atoms. The number of carboxylic acid groups (broad SMARTS) is 1. The van der Waals surface area contributed by atoms with Gasteiger partial charge in [0.05, 0.1) is 10.3 Å². The lowest BCUT2D eigenvalue weighted by Gasteiger charge is -2.00. The molecule has 0 aliphatic rings. The number of aryl methyl sites for hydroxylation is 1. The zero-order valence-electron chi connectivity index (χ0n) is 10.4. The van der Waals surface area contributed by atoms with Crippen LogP contribution < -0.4 is 5.32 Å². The molecule has 2 aromatic rings. The summed E-state index contributed by atoms with van der Waals surface area (Å²) in [5.41, 5.74) is 0.659. The Labute approximate surface area is 123 Å². The molecule has 0 aliphatic heterocycles. The molecule has 0 fully saturated rings. The predicted octanol–water partition coefficient (Wildman–Crippen LogP) is 3.44. The molecule has 2 rings (SSSR count). The molecule has 0 saturated heterocycles. The number of aromatic carboxylic acids is 1. The Morgan fingerprint density at radius 3 is 2.89 bits per heavy atom. The van der Waals surface area contributed by atoms with Crippen molar-refractivity contribution in [2.24, 2.45) is 0 Å². The van der Waals surface area contributed by atoms with Gasteiger partial charge in [-0.05, 0) is 47.5 Å². The summed E-state index contributed by atoms with van der Waals surface area (Å²) >= 11 is 5.15. The molecule has 2 N–H and O–H groups in total. The summed E-state index contributed by atoms with van der Waals surface area (Å²) in [6, 6.07) is 5.89. The summed E-state index contributed by atoms with van der Waals surface area (Å²) in [5.74, 6) is -0.339. The number of rotatable bonds is 6. The van der Waals surface area contributed by atoms with E-state index in [0.29, 0.717) is 17.9 Å². The minimum Gasteiger partial charge on any atom is -0.475 e. The van der Waals surface area contributed by atoms with Crippen molar-refractivity contribution in [3.05, 3.63) is 43.9 Å². The average molecular weight is 344 g/mol. The maximum atomic E-state index is 10.8. The van der Waals surface area contributed by atoms with E-state index in [1.165, 1.54) is 4.88 Å². The van der Waals surface area contributed by atoms with E-state index < -0.39 is 5.97 Å². The monoisotopic (exact) mass is 343 g/mol. The van der Waals surface area contributed by atoms with Gasteiger partial charge in [0.1, 0.15) is 5.76 Å². The fourth-order valence-corrected chi connectivity index (χ4v) is 3.24. The smallest absolute Gasteiger partial charge is 0.372 e. The molecule has 0 aromatic carbocycles. The van der Waals surface area contributed by atoms with E-state index >= 15 is 0 Å². The topological polar surface area (TPSA) is 62.5 Å². The van der Waals surface area contributed by atoms with E-state index in [1.54, 1.807) is 24.3 Å². The van der Waals surface area contributed by atoms with Crippen LogP contribution in [0, 0.1) is 6.92 Å². The number of carbonyl (C=O) groups is 1. The molecule has 0 spiro atoms. The Balaban J connectivity index is 1.79. The standard InChI is InChI=1S/C13H14BrNO3S/c1-8-6-9(18-12(8)13(16)17)7-15-5-4-10-2-3-11(14)19-10/h2-3,6,15H,4-5,7H2,1H3,(H,16,17). The van der Waals surface area contributed by atoms with Crippen LogP contribution in [0.1, 0.15) is 26.8 Å². The minimum absolute atomic E-state index is 0.0268. The van der Waals surface area contributed by atoms with E-state index in [9.17, 15) is 4.79 Å². The zero-order valence-corrected chi connectivity index (χ0v) is 12.8. The molecule has 0 unspecified atom stereocenters. The maximum Gasteiger partial charge on any atom is 0.372 e. The first-order valence-electron chi connectivity index (χ1n) is 5.84. The molecule has 0 atom stereocenters. The number of furan rings is 1. The number of thiophene rings is 1. The van der Waals surface area contributed by atoms with Crippen LogP contribution in [0.4, 0.5) is 0 Å². The van der Waals surface area contributed by atoms with Crippen LogP contribution in [0.2, 0.25) is 0 Å². The van der Waals surface area contributed by atoms with Crippen molar-refractivity contribution in [1.82, 2.24) is 5.32 Å². The van der Waals surface area contributed by atoms with Gasteiger partial charge >= 0.3 is 5.97 Å². The van der Waals surface area contributed by atoms with Crippen LogP contribution in [0.3, 0.4) is 0 Å². The summed E-state index contributed by atoms with van der Waals surface area (Å²) in [7, 11) is 0. The molecule has 6 heteroatoms. The normalized spacial score (nSPS) is 10.8. The van der Waals surface area contributed by atoms with Crippen molar-refractivity contribution >= 4 is 33.2 Å². The van der Waals surface area contributed by atoms with Crippen LogP contribution in [0.5, 0.6) is 0 Å². The number of carboxylic acids is 1. The highest BCUT2D eigenvalue weighted by atomic mass is 79.9. The van der Waals surface area contributed by atoms with Crippen LogP contribution in [0.25, 0.3) is 0 Å². The number of hydrogen-bond acceptors (Lipinski definition) is 4. The second kappa shape index (κ2) is 6.36. The SMILES string of the molecule is Cc1cc(CNCCc2ccc(Br)s2)oc1C(=O)O. The van der Waals surface area contributed by atoms with Crippen molar-refractivity contribution in [3.63, 3.8) is 0 Å². The highest BCUT2D eigenvalue weighted by Crippen LogP contribution is 2.22. The van der Waals surface area contributed by atoms with Crippen molar-refractivity contribution < 1.29 is 14.3 Å². The quantitative estimate of drug-likeness (QED) is 0.788. The second-order valence-corrected chi connectivity index (χ2v) is 6.71. The third-order valence-electron chi connectivity index (χ3n) is 2.64. The van der Waals surface area contributed by atoms with Crippen molar-refractivity contribution in [2.45, 2.75) is 19.9 Å². The summed E-state index contributed by atoms with van der Waals surface area (Å²) in [5, 5.41) is 12.1. The van der Waals surface area contributed by atoms with Gasteiger partial charge in [-0.1, -0.05) is 0 Å². The Bertz CT molecular complexity index is 576. The second-order valence-electron chi connectivity index (χ2n) is 4.16. The Morgan fingerprint density at radius 2 is 2.32 bits per heavy atom. The molecule has 102 valence electrons. The van der Waals surface area contributed by atoms with Crippen LogP contribution >= 0.6 is 27.3 Å². The van der Waals surface area contributed by atoms with Crippen LogP contribution in [-0.2, 0) is 13.0 Å². The molecule has 0 amide bonds. The van der Waals surface area contributed by atoms with Gasteiger partial charge in [-0.3, -0.25) is 0 Å². The van der Waals surface area contributed by atoms with Gasteiger partial charge in [-0.25, -0.2) is 4.79 Å². The van der Waals surface area contributed by atoms with Gasteiger partial charge in [0.25, 0.3) is 0 Å². The third-order valence-corrected chi connectivity index (χ3v) is 4.32. The van der Waals surface area contributed by atoms with Crippen LogP contribution in [0.15, 0.2) is 26.4 Å². The number of hydrogen-bond donors (Lipinski definition) is 2. The van der Waals surface area contributed by atoms with Gasteiger partial charge in [-0.2, -0.15) is 0 Å². The fourth-order valence-electron chi connectivity index (χ4n) is 1.76. The van der Waals surface area contributed by atoms with E-state index in [0.717, 1.165) is 16.8 Å². The summed E-state index contributed by atoms with van der Waals surface area (Å²) in [6.45, 7) is 3.11. The van der Waals surface area contributed by atoms with E-state index in [4.69, 9.17) is 9.52 Å². The fraction of sp³-hybridized carbons (Fsp3) is 0.308. The lowest BCUT2D eigenvalue weighted by Crippen LogP contribution is -2.15. The lowest BCUT2D eigenvalue weighted by atomic mass is 10.2. The van der Waals surface area contributed by atoms with Gasteiger partial charge in [0.2, 0.25) is 5.76 Å². The lowest BCUT2D eigenvalue weighted by molar-refractivity contribution is 0.0659. The molecule has 0 radical (unpaired) electrons. The molecular formula is C13H14BrNO3S. The molecule has 4 nitrogen and oxygen atoms in total. The van der Waals surface area contributed by atoms with Gasteiger partial charge in [0, 0.05) is 17.0 Å². The first-order chi connectivity index (χ1) is 9.06. The summed E-state index contributed by atoms with van der Waals surface area (Å²) in [4.78, 5) is 12.1. The molecule has 0 saturated carbocycles. The molecule has 2 aromatic heterocycles. The molecule has 2 heterocycles. The zero-order chi connectivity index (χ0) is 13.8. The van der Waals surface area contributed by atoms with Crippen molar-refractivity contribution in [3.8, 4) is 0 Å². The Hall–Kier alpha value is -1.11. The van der Waals surface area contributed by atoms with Crippen molar-refractivity contribution in [2.75, 3.05) is 6.54 Å². The summed E-state index contributed by atoms with van der Waals surface area (Å²) < 4.78 is 6.40. The van der Waals surface area contributed by atoms with Crippen LogP contribution in [-0.4, -0.2) is 17.6 Å². The first kappa shape index (κ1) is 14.3. The highest BCUT2D eigenvalue weighted by molar-refractivity contribution is 9.11. The van der Waals surface area contributed by atoms with E-state index in [2.05, 4.69) is 27.3 Å². The average Bonchev–Trinajstić information content (AvgIpc) is 2.91. The number of nitrogens with one attached hydrogen (secondary N) is 1. The van der Waals surface area contributed by atoms with Gasteiger partial charge < -0.3 is 14.8 Å². The van der Waals surface area contributed by atoms with Gasteiger partial charge in [0.15, 0.2) is 0 Å². The van der Waals surface area contributed by atoms with E-state index in [-0.39, 0.29) is 5.76 Å². The largest absolute Gasteiger partial charge is 0.475 e. The molecule has 0 aliphatic carbocycles. The number of halogens is 1. The minimum atomic E-state index is -1.02.